The maximum Gasteiger partial charge on any atom is 0.335 e. The predicted molar refractivity (Wildman–Crippen MR) is 137 cm³/mol. The minimum atomic E-state index is -0.974. The molecule has 3 aromatic rings. The van der Waals surface area contributed by atoms with Gasteiger partial charge in [0.2, 0.25) is 0 Å². The summed E-state index contributed by atoms with van der Waals surface area (Å²) in [6.07, 6.45) is 1.27. The first-order chi connectivity index (χ1) is 16.8. The van der Waals surface area contributed by atoms with Gasteiger partial charge in [0.15, 0.2) is 11.5 Å². The van der Waals surface area contributed by atoms with Crippen LogP contribution < -0.4 is 19.7 Å². The van der Waals surface area contributed by atoms with Crippen molar-refractivity contribution in [1.29, 1.82) is 0 Å². The molecule has 7 nitrogen and oxygen atoms in total. The van der Waals surface area contributed by atoms with Crippen LogP contribution in [0.25, 0.3) is 6.08 Å². The third-order valence-corrected chi connectivity index (χ3v) is 6.03. The van der Waals surface area contributed by atoms with E-state index in [2.05, 4.69) is 27.9 Å². The van der Waals surface area contributed by atoms with E-state index < -0.39 is 23.7 Å². The number of imide groups is 2. The highest BCUT2D eigenvalue weighted by Crippen LogP contribution is 2.38. The van der Waals surface area contributed by atoms with Crippen molar-refractivity contribution in [3.05, 3.63) is 91.8 Å². The fourth-order valence-corrected chi connectivity index (χ4v) is 4.01. The number of halogens is 3. The summed E-state index contributed by atoms with van der Waals surface area (Å²) in [6.45, 7) is 0.249. The Morgan fingerprint density at radius 2 is 1.83 bits per heavy atom. The van der Waals surface area contributed by atoms with E-state index in [-0.39, 0.29) is 28.6 Å². The Balaban J connectivity index is 1.64. The summed E-state index contributed by atoms with van der Waals surface area (Å²) in [4.78, 5) is 38.4. The van der Waals surface area contributed by atoms with E-state index in [1.54, 1.807) is 6.07 Å². The third-order valence-electron chi connectivity index (χ3n) is 5.03. The Morgan fingerprint density at radius 3 is 2.51 bits per heavy atom. The second-order valence-corrected chi connectivity index (χ2v) is 9.04. The summed E-state index contributed by atoms with van der Waals surface area (Å²) in [6, 6.07) is 14.8. The van der Waals surface area contributed by atoms with E-state index in [0.717, 1.165) is 15.2 Å². The minimum Gasteiger partial charge on any atom is -0.493 e. The van der Waals surface area contributed by atoms with Crippen molar-refractivity contribution in [2.75, 3.05) is 12.0 Å². The second kappa shape index (κ2) is 10.4. The number of ether oxygens (including phenoxy) is 2. The molecule has 0 radical (unpaired) electrons. The van der Waals surface area contributed by atoms with Gasteiger partial charge in [0.05, 0.1) is 17.8 Å². The Bertz CT molecular complexity index is 1360. The molecule has 0 bridgehead atoms. The normalized spacial score (nSPS) is 14.8. The van der Waals surface area contributed by atoms with Crippen molar-refractivity contribution in [1.82, 2.24) is 5.32 Å². The van der Waals surface area contributed by atoms with Crippen LogP contribution in [0.15, 0.2) is 66.2 Å². The van der Waals surface area contributed by atoms with E-state index in [0.29, 0.717) is 16.2 Å². The highest BCUT2D eigenvalue weighted by atomic mass is 127. The van der Waals surface area contributed by atoms with Crippen LogP contribution in [0.4, 0.5) is 14.9 Å². The molecule has 1 aliphatic rings. The van der Waals surface area contributed by atoms with Gasteiger partial charge in [-0.1, -0.05) is 29.8 Å². The van der Waals surface area contributed by atoms with Crippen LogP contribution in [0.3, 0.4) is 0 Å². The highest BCUT2D eigenvalue weighted by Gasteiger charge is 2.37. The number of carbonyl (C=O) groups is 3. The number of benzene rings is 3. The monoisotopic (exact) mass is 606 g/mol. The topological polar surface area (TPSA) is 84.9 Å². The molecule has 3 aromatic carbocycles. The maximum atomic E-state index is 13.7. The zero-order chi connectivity index (χ0) is 25.1. The van der Waals surface area contributed by atoms with Gasteiger partial charge < -0.3 is 9.47 Å². The quantitative estimate of drug-likeness (QED) is 0.233. The largest absolute Gasteiger partial charge is 0.493 e. The molecule has 4 amide bonds. The van der Waals surface area contributed by atoms with Gasteiger partial charge in [0.1, 0.15) is 18.0 Å². The predicted octanol–water partition coefficient (Wildman–Crippen LogP) is 5.34. The van der Waals surface area contributed by atoms with E-state index in [1.165, 1.54) is 37.5 Å². The molecule has 4 rings (SSSR count). The van der Waals surface area contributed by atoms with Gasteiger partial charge in [-0.2, -0.15) is 0 Å². The molecule has 0 unspecified atom stereocenters. The summed E-state index contributed by atoms with van der Waals surface area (Å²) < 4.78 is 26.0. The highest BCUT2D eigenvalue weighted by molar-refractivity contribution is 14.1. The molecule has 1 saturated heterocycles. The first kappa shape index (κ1) is 24.7. The number of amides is 4. The Labute approximate surface area is 218 Å². The summed E-state index contributed by atoms with van der Waals surface area (Å²) in [5.41, 5.74) is 0.946. The lowest BCUT2D eigenvalue weighted by Crippen LogP contribution is -2.54. The first-order valence-corrected chi connectivity index (χ1v) is 11.6. The zero-order valence-corrected chi connectivity index (χ0v) is 21.1. The van der Waals surface area contributed by atoms with Gasteiger partial charge >= 0.3 is 6.03 Å². The number of methoxy groups -OCH3 is 1. The Morgan fingerprint density at radius 1 is 1.09 bits per heavy atom. The molecule has 178 valence electrons. The number of hydrogen-bond donors (Lipinski definition) is 1. The molecule has 0 spiro atoms. The van der Waals surface area contributed by atoms with Crippen molar-refractivity contribution in [3.8, 4) is 11.5 Å². The number of nitrogens with zero attached hydrogens (tertiary/aromatic N) is 1. The summed E-state index contributed by atoms with van der Waals surface area (Å²) >= 11 is 8.64. The molecule has 1 N–H and O–H groups in total. The van der Waals surface area contributed by atoms with Crippen LogP contribution in [0.5, 0.6) is 11.5 Å². The van der Waals surface area contributed by atoms with Crippen LogP contribution in [0.2, 0.25) is 5.02 Å². The van der Waals surface area contributed by atoms with Crippen LogP contribution in [0, 0.1) is 9.39 Å². The lowest BCUT2D eigenvalue weighted by Gasteiger charge is -2.26. The second-order valence-electron chi connectivity index (χ2n) is 7.39. The SMILES string of the molecule is COc1cc(/C=C2\C(=O)NC(=O)N(c3cccc(F)c3)C2=O)cc(Cl)c1OCc1ccc(I)cc1. The standard InChI is InChI=1S/C25H17ClFIN2O5/c1-34-21-11-15(10-20(26)22(21)35-13-14-5-7-17(28)8-6-14)9-19-23(31)29-25(33)30(24(19)32)18-4-2-3-16(27)12-18/h2-12H,13H2,1H3,(H,29,31,33)/b19-9+. The smallest absolute Gasteiger partial charge is 0.335 e. The average molecular weight is 607 g/mol. The van der Waals surface area contributed by atoms with Crippen molar-refractivity contribution >= 4 is 63.8 Å². The maximum absolute atomic E-state index is 13.7. The molecular formula is C25H17ClFIN2O5. The van der Waals surface area contributed by atoms with Gasteiger partial charge in [0, 0.05) is 3.57 Å². The summed E-state index contributed by atoms with van der Waals surface area (Å²) in [5, 5.41) is 2.29. The lowest BCUT2D eigenvalue weighted by atomic mass is 10.1. The molecule has 1 aliphatic heterocycles. The number of anilines is 1. The fraction of sp³-hybridized carbons (Fsp3) is 0.0800. The Kier molecular flexibility index (Phi) is 7.37. The molecule has 35 heavy (non-hydrogen) atoms. The number of carbonyl (C=O) groups excluding carboxylic acids is 3. The lowest BCUT2D eigenvalue weighted by molar-refractivity contribution is -0.122. The summed E-state index contributed by atoms with van der Waals surface area (Å²) in [5.74, 6) is -1.84. The molecule has 1 fully saturated rings. The van der Waals surface area contributed by atoms with Crippen molar-refractivity contribution in [3.63, 3.8) is 0 Å². The molecule has 0 saturated carbocycles. The summed E-state index contributed by atoms with van der Waals surface area (Å²) in [7, 11) is 1.43. The fourth-order valence-electron chi connectivity index (χ4n) is 3.37. The van der Waals surface area contributed by atoms with Gasteiger partial charge in [-0.3, -0.25) is 14.9 Å². The molecular weight excluding hydrogens is 590 g/mol. The van der Waals surface area contributed by atoms with Crippen LogP contribution in [-0.4, -0.2) is 25.0 Å². The molecule has 10 heteroatoms. The van der Waals surface area contributed by atoms with Crippen LogP contribution >= 0.6 is 34.2 Å². The van der Waals surface area contributed by atoms with Crippen molar-refractivity contribution in [2.45, 2.75) is 6.61 Å². The van der Waals surface area contributed by atoms with Crippen LogP contribution in [-0.2, 0) is 16.2 Å². The molecule has 0 aromatic heterocycles. The van der Waals surface area contributed by atoms with Crippen LogP contribution in [0.1, 0.15) is 11.1 Å². The van der Waals surface area contributed by atoms with Crippen molar-refractivity contribution < 1.29 is 28.2 Å². The molecule has 0 atom stereocenters. The third kappa shape index (κ3) is 5.46. The van der Waals surface area contributed by atoms with E-state index in [4.69, 9.17) is 21.1 Å². The molecule has 1 heterocycles. The number of hydrogen-bond acceptors (Lipinski definition) is 5. The molecule has 0 aliphatic carbocycles. The minimum absolute atomic E-state index is 0.0131. The van der Waals surface area contributed by atoms with E-state index in [9.17, 15) is 18.8 Å². The average Bonchev–Trinajstić information content (AvgIpc) is 2.82. The van der Waals surface area contributed by atoms with Gasteiger partial charge in [-0.25, -0.2) is 14.1 Å². The van der Waals surface area contributed by atoms with Crippen molar-refractivity contribution in [2.24, 2.45) is 0 Å². The number of rotatable bonds is 6. The number of barbiturate groups is 1. The van der Waals surface area contributed by atoms with Gasteiger partial charge in [-0.05, 0) is 82.3 Å². The van der Waals surface area contributed by atoms with Gasteiger partial charge in [0.25, 0.3) is 11.8 Å². The Hall–Kier alpha value is -3.44. The number of urea groups is 1. The number of nitrogens with one attached hydrogen (secondary N) is 1. The van der Waals surface area contributed by atoms with Gasteiger partial charge in [-0.15, -0.1) is 0 Å². The zero-order valence-electron chi connectivity index (χ0n) is 18.2. The van der Waals surface area contributed by atoms with E-state index in [1.807, 2.05) is 24.3 Å². The van der Waals surface area contributed by atoms with E-state index >= 15 is 0 Å². The first-order valence-electron chi connectivity index (χ1n) is 10.2.